The number of aliphatic imine (C=N–C) groups is 1. The zero-order valence-electron chi connectivity index (χ0n) is 13.7. The van der Waals surface area contributed by atoms with Crippen molar-refractivity contribution in [2.24, 2.45) is 4.99 Å². The van der Waals surface area contributed by atoms with Crippen molar-refractivity contribution >= 4 is 32.7 Å². The predicted molar refractivity (Wildman–Crippen MR) is 94.5 cm³/mol. The van der Waals surface area contributed by atoms with Gasteiger partial charge in [-0.2, -0.15) is 0 Å². The van der Waals surface area contributed by atoms with Crippen LogP contribution < -0.4 is 0 Å². The standard InChI is InChI=1S/C15H22N4O3S2/c1-17-5-6-19(13-10-24(21,22)9-12(13)17)14(20)7-11-8-23-15-16-3-2-4-18(11)15/h8,12-13H,2-7,9-10H2,1H3/t12-,13+/m1/s1. The number of rotatable bonds is 2. The first-order valence-corrected chi connectivity index (χ1v) is 11.0. The Morgan fingerprint density at radius 3 is 2.92 bits per heavy atom. The Bertz CT molecular complexity index is 718. The molecule has 2 fully saturated rings. The predicted octanol–water partition coefficient (Wildman–Crippen LogP) is -0.0340. The fourth-order valence-corrected chi connectivity index (χ4v) is 6.97. The van der Waals surface area contributed by atoms with Crippen LogP contribution in [-0.2, 0) is 14.6 Å². The summed E-state index contributed by atoms with van der Waals surface area (Å²) in [4.78, 5) is 23.4. The third-order valence-electron chi connectivity index (χ3n) is 5.27. The van der Waals surface area contributed by atoms with E-state index in [4.69, 9.17) is 0 Å². The SMILES string of the molecule is CN1CCN(C(=O)CC2=CSC3=NCCCN23)[C@H]2CS(=O)(=O)C[C@H]21. The van der Waals surface area contributed by atoms with Crippen molar-refractivity contribution in [3.8, 4) is 0 Å². The monoisotopic (exact) mass is 370 g/mol. The molecule has 4 aliphatic heterocycles. The minimum atomic E-state index is -3.06. The normalized spacial score (nSPS) is 32.2. The van der Waals surface area contributed by atoms with E-state index in [1.807, 2.05) is 12.5 Å². The van der Waals surface area contributed by atoms with Crippen molar-refractivity contribution in [3.05, 3.63) is 11.1 Å². The Morgan fingerprint density at radius 1 is 1.29 bits per heavy atom. The molecule has 1 amide bonds. The second-order valence-electron chi connectivity index (χ2n) is 6.85. The van der Waals surface area contributed by atoms with Crippen molar-refractivity contribution < 1.29 is 13.2 Å². The van der Waals surface area contributed by atoms with Gasteiger partial charge < -0.3 is 9.80 Å². The molecule has 0 radical (unpaired) electrons. The van der Waals surface area contributed by atoms with E-state index >= 15 is 0 Å². The maximum atomic E-state index is 12.9. The molecule has 0 saturated carbocycles. The maximum absolute atomic E-state index is 12.9. The van der Waals surface area contributed by atoms with Gasteiger partial charge in [0, 0.05) is 37.9 Å². The molecule has 2 atom stereocenters. The first kappa shape index (κ1) is 16.4. The zero-order chi connectivity index (χ0) is 16.9. The highest BCUT2D eigenvalue weighted by atomic mass is 32.2. The van der Waals surface area contributed by atoms with Crippen molar-refractivity contribution in [1.82, 2.24) is 14.7 Å². The van der Waals surface area contributed by atoms with E-state index in [1.54, 1.807) is 16.7 Å². The lowest BCUT2D eigenvalue weighted by Crippen LogP contribution is -2.59. The van der Waals surface area contributed by atoms with E-state index in [1.165, 1.54) is 0 Å². The van der Waals surface area contributed by atoms with Crippen LogP contribution in [-0.4, -0.2) is 91.0 Å². The summed E-state index contributed by atoms with van der Waals surface area (Å²) in [6, 6.07) is -0.267. The van der Waals surface area contributed by atoms with Crippen molar-refractivity contribution in [2.75, 3.05) is 44.7 Å². The summed E-state index contributed by atoms with van der Waals surface area (Å²) in [5, 5.41) is 3.00. The first-order valence-electron chi connectivity index (χ1n) is 8.32. The summed E-state index contributed by atoms with van der Waals surface area (Å²) in [6.45, 7) is 3.10. The summed E-state index contributed by atoms with van der Waals surface area (Å²) in [7, 11) is -1.11. The average molecular weight is 371 g/mol. The van der Waals surface area contributed by atoms with Gasteiger partial charge in [-0.1, -0.05) is 11.8 Å². The number of thioether (sulfide) groups is 1. The number of hydrogen-bond acceptors (Lipinski definition) is 7. The Hall–Kier alpha value is -1.06. The Morgan fingerprint density at radius 2 is 2.08 bits per heavy atom. The molecule has 0 aromatic heterocycles. The average Bonchev–Trinajstić information content (AvgIpc) is 3.08. The van der Waals surface area contributed by atoms with Gasteiger partial charge in [0.05, 0.1) is 24.0 Å². The number of likely N-dealkylation sites (N-methyl/N-ethyl adjacent to an activating group) is 1. The number of fused-ring (bicyclic) bond motifs is 2. The highest BCUT2D eigenvalue weighted by molar-refractivity contribution is 8.16. The highest BCUT2D eigenvalue weighted by Crippen LogP contribution is 2.32. The van der Waals surface area contributed by atoms with E-state index in [-0.39, 0.29) is 29.5 Å². The van der Waals surface area contributed by atoms with Crippen LogP contribution in [0.1, 0.15) is 12.8 Å². The second-order valence-corrected chi connectivity index (χ2v) is 9.84. The van der Waals surface area contributed by atoms with E-state index < -0.39 is 9.84 Å². The second kappa shape index (κ2) is 6.03. The van der Waals surface area contributed by atoms with Gasteiger partial charge in [-0.15, -0.1) is 0 Å². The first-order chi connectivity index (χ1) is 11.4. The smallest absolute Gasteiger partial charge is 0.228 e. The van der Waals surface area contributed by atoms with E-state index in [0.717, 1.165) is 36.9 Å². The van der Waals surface area contributed by atoms with Crippen molar-refractivity contribution in [3.63, 3.8) is 0 Å². The lowest BCUT2D eigenvalue weighted by molar-refractivity contribution is -0.136. The molecule has 4 aliphatic rings. The molecule has 0 aromatic rings. The fourth-order valence-electron chi connectivity index (χ4n) is 3.97. The summed E-state index contributed by atoms with van der Waals surface area (Å²) < 4.78 is 24.1. The molecule has 7 nitrogen and oxygen atoms in total. The van der Waals surface area contributed by atoms with Crippen molar-refractivity contribution in [1.29, 1.82) is 0 Å². The van der Waals surface area contributed by atoms with Gasteiger partial charge >= 0.3 is 0 Å². The zero-order valence-corrected chi connectivity index (χ0v) is 15.4. The quantitative estimate of drug-likeness (QED) is 0.679. The van der Waals surface area contributed by atoms with Gasteiger partial charge in [-0.25, -0.2) is 8.42 Å². The number of carbonyl (C=O) groups is 1. The lowest BCUT2D eigenvalue weighted by atomic mass is 10.0. The molecule has 4 heterocycles. The van der Waals surface area contributed by atoms with E-state index in [9.17, 15) is 13.2 Å². The highest BCUT2D eigenvalue weighted by Gasteiger charge is 2.47. The summed E-state index contributed by atoms with van der Waals surface area (Å²) in [5.41, 5.74) is 1.000. The van der Waals surface area contributed by atoms with Crippen LogP contribution in [0.15, 0.2) is 16.1 Å². The van der Waals surface area contributed by atoms with Gasteiger partial charge in [0.1, 0.15) is 0 Å². The molecule has 24 heavy (non-hydrogen) atoms. The minimum Gasteiger partial charge on any atom is -0.335 e. The Kier molecular flexibility index (Phi) is 4.12. The van der Waals surface area contributed by atoms with E-state index in [0.29, 0.717) is 13.0 Å². The largest absolute Gasteiger partial charge is 0.335 e. The summed E-state index contributed by atoms with van der Waals surface area (Å²) >= 11 is 1.58. The van der Waals surface area contributed by atoms with Gasteiger partial charge in [-0.3, -0.25) is 14.7 Å². The molecule has 0 unspecified atom stereocenters. The van der Waals surface area contributed by atoms with Crippen LogP contribution in [0.4, 0.5) is 0 Å². The number of carbonyl (C=O) groups excluding carboxylic acids is 1. The summed E-state index contributed by atoms with van der Waals surface area (Å²) in [5.74, 6) is 0.297. The van der Waals surface area contributed by atoms with Gasteiger partial charge in [0.15, 0.2) is 15.0 Å². The third kappa shape index (κ3) is 2.86. The lowest BCUT2D eigenvalue weighted by Gasteiger charge is -2.42. The third-order valence-corrected chi connectivity index (χ3v) is 7.92. The number of piperazine rings is 1. The molecule has 0 N–H and O–H groups in total. The molecule has 4 rings (SSSR count). The number of nitrogens with zero attached hydrogens (tertiary/aromatic N) is 4. The van der Waals surface area contributed by atoms with Crippen LogP contribution >= 0.6 is 11.8 Å². The van der Waals surface area contributed by atoms with Gasteiger partial charge in [0.25, 0.3) is 0 Å². The fraction of sp³-hybridized carbons (Fsp3) is 0.733. The van der Waals surface area contributed by atoms with E-state index in [2.05, 4.69) is 14.8 Å². The van der Waals surface area contributed by atoms with Gasteiger partial charge in [-0.05, 0) is 18.9 Å². The Labute approximate surface area is 146 Å². The van der Waals surface area contributed by atoms with Crippen LogP contribution in [0.3, 0.4) is 0 Å². The molecular formula is C15H22N4O3S2. The molecule has 0 aliphatic carbocycles. The number of amidine groups is 1. The van der Waals surface area contributed by atoms with Crippen LogP contribution in [0.25, 0.3) is 0 Å². The number of sulfone groups is 1. The molecule has 2 saturated heterocycles. The van der Waals surface area contributed by atoms with Crippen LogP contribution in [0, 0.1) is 0 Å². The Balaban J connectivity index is 1.48. The molecule has 0 aromatic carbocycles. The molecule has 9 heteroatoms. The van der Waals surface area contributed by atoms with Crippen LogP contribution in [0.2, 0.25) is 0 Å². The maximum Gasteiger partial charge on any atom is 0.228 e. The van der Waals surface area contributed by atoms with Gasteiger partial charge in [0.2, 0.25) is 5.91 Å². The molecule has 0 spiro atoms. The number of amides is 1. The van der Waals surface area contributed by atoms with Crippen molar-refractivity contribution in [2.45, 2.75) is 24.9 Å². The number of hydrogen-bond donors (Lipinski definition) is 0. The van der Waals surface area contributed by atoms with Crippen LogP contribution in [0.5, 0.6) is 0 Å². The topological polar surface area (TPSA) is 73.3 Å². The molecular weight excluding hydrogens is 348 g/mol. The summed E-state index contributed by atoms with van der Waals surface area (Å²) in [6.07, 6.45) is 1.34. The minimum absolute atomic E-state index is 0.0360. The molecule has 132 valence electrons. The molecule has 0 bridgehead atoms.